The van der Waals surface area contributed by atoms with Crippen molar-refractivity contribution >= 4 is 0 Å². The van der Waals surface area contributed by atoms with Gasteiger partial charge in [-0.2, -0.15) is 0 Å². The summed E-state index contributed by atoms with van der Waals surface area (Å²) in [5, 5.41) is 3.61. The van der Waals surface area contributed by atoms with Gasteiger partial charge in [-0.3, -0.25) is 5.32 Å². The van der Waals surface area contributed by atoms with Gasteiger partial charge in [-0.25, -0.2) is 0 Å². The molecule has 0 saturated carbocycles. The molecule has 0 aromatic heterocycles. The van der Waals surface area contributed by atoms with Gasteiger partial charge in [0.2, 0.25) is 0 Å². The van der Waals surface area contributed by atoms with Crippen LogP contribution < -0.4 is 5.32 Å². The minimum Gasteiger partial charge on any atom is -0.359 e. The molecule has 2 nitrogen and oxygen atoms in total. The van der Waals surface area contributed by atoms with Crippen LogP contribution in [0.5, 0.6) is 0 Å². The summed E-state index contributed by atoms with van der Waals surface area (Å²) in [6.07, 6.45) is 1.14. The summed E-state index contributed by atoms with van der Waals surface area (Å²) in [5.41, 5.74) is 2.80. The number of hydrogen-bond acceptors (Lipinski definition) is 2. The van der Waals surface area contributed by atoms with E-state index in [1.165, 1.54) is 11.1 Å². The fraction of sp³-hybridized carbons (Fsp3) is 0.600. The Kier molecular flexibility index (Phi) is 3.55. The molecule has 1 saturated heterocycles. The van der Waals surface area contributed by atoms with Crippen LogP contribution in [0.3, 0.4) is 0 Å². The zero-order chi connectivity index (χ0) is 12.5. The zero-order valence-corrected chi connectivity index (χ0v) is 11.3. The lowest BCUT2D eigenvalue weighted by Crippen LogP contribution is -2.47. The Labute approximate surface area is 104 Å². The fourth-order valence-corrected chi connectivity index (χ4v) is 2.23. The summed E-state index contributed by atoms with van der Waals surface area (Å²) in [4.78, 5) is 0. The lowest BCUT2D eigenvalue weighted by Gasteiger charge is -2.39. The summed E-state index contributed by atoms with van der Waals surface area (Å²) >= 11 is 0. The smallest absolute Gasteiger partial charge is 0.134 e. The van der Waals surface area contributed by atoms with Crippen LogP contribution in [0.25, 0.3) is 0 Å². The molecule has 1 aliphatic heterocycles. The van der Waals surface area contributed by atoms with Crippen molar-refractivity contribution in [1.29, 1.82) is 0 Å². The Bertz CT molecular complexity index is 364. The van der Waals surface area contributed by atoms with Crippen LogP contribution in [-0.4, -0.2) is 12.6 Å². The highest BCUT2D eigenvalue weighted by atomic mass is 16.5. The number of ether oxygens (including phenoxy) is 1. The first-order valence-electron chi connectivity index (χ1n) is 6.41. The highest BCUT2D eigenvalue weighted by molar-refractivity contribution is 5.23. The van der Waals surface area contributed by atoms with Gasteiger partial charge in [0.15, 0.2) is 0 Å². The maximum atomic E-state index is 5.82. The second-order valence-electron chi connectivity index (χ2n) is 6.04. The monoisotopic (exact) mass is 233 g/mol. The lowest BCUT2D eigenvalue weighted by molar-refractivity contribution is -0.0400. The van der Waals surface area contributed by atoms with Crippen molar-refractivity contribution in [3.05, 3.63) is 35.4 Å². The molecule has 2 rings (SSSR count). The van der Waals surface area contributed by atoms with Crippen LogP contribution in [0, 0.1) is 12.3 Å². The largest absolute Gasteiger partial charge is 0.359 e. The first-order valence-corrected chi connectivity index (χ1v) is 6.41. The minimum absolute atomic E-state index is 0.0496. The van der Waals surface area contributed by atoms with E-state index in [9.17, 15) is 0 Å². The summed E-state index contributed by atoms with van der Waals surface area (Å²) < 4.78 is 5.82. The molecule has 17 heavy (non-hydrogen) atoms. The van der Waals surface area contributed by atoms with Gasteiger partial charge in [0.25, 0.3) is 0 Å². The average Bonchev–Trinajstić information content (AvgIpc) is 2.29. The first kappa shape index (κ1) is 12.6. The predicted octanol–water partition coefficient (Wildman–Crippen LogP) is 3.42. The van der Waals surface area contributed by atoms with Crippen molar-refractivity contribution in [2.75, 3.05) is 6.61 Å². The second-order valence-corrected chi connectivity index (χ2v) is 6.04. The predicted molar refractivity (Wildman–Crippen MR) is 70.9 cm³/mol. The van der Waals surface area contributed by atoms with Crippen LogP contribution in [-0.2, 0) is 4.74 Å². The molecule has 1 aromatic rings. The highest BCUT2D eigenvalue weighted by Crippen LogP contribution is 2.29. The summed E-state index contributed by atoms with van der Waals surface area (Å²) in [5.74, 6) is 0. The molecule has 94 valence electrons. The number of hydrogen-bond donors (Lipinski definition) is 1. The summed E-state index contributed by atoms with van der Waals surface area (Å²) in [6, 6.07) is 9.10. The van der Waals surface area contributed by atoms with Crippen molar-refractivity contribution in [2.24, 2.45) is 5.41 Å². The van der Waals surface area contributed by atoms with Crippen LogP contribution in [0.2, 0.25) is 0 Å². The number of aryl methyl sites for hydroxylation is 1. The Balaban J connectivity index is 2.09. The molecule has 1 fully saturated rings. The van der Waals surface area contributed by atoms with Gasteiger partial charge in [0.1, 0.15) is 6.23 Å². The molecule has 0 aliphatic carbocycles. The van der Waals surface area contributed by atoms with Gasteiger partial charge in [0, 0.05) is 6.04 Å². The van der Waals surface area contributed by atoms with E-state index in [0.29, 0.717) is 6.04 Å². The Morgan fingerprint density at radius 2 is 1.82 bits per heavy atom. The molecule has 0 amide bonds. The van der Waals surface area contributed by atoms with Crippen LogP contribution in [0.4, 0.5) is 0 Å². The third-order valence-electron chi connectivity index (χ3n) is 3.47. The van der Waals surface area contributed by atoms with Gasteiger partial charge >= 0.3 is 0 Å². The Hall–Kier alpha value is -0.860. The van der Waals surface area contributed by atoms with E-state index in [1.807, 2.05) is 0 Å². The van der Waals surface area contributed by atoms with E-state index in [-0.39, 0.29) is 11.6 Å². The quantitative estimate of drug-likeness (QED) is 0.802. The second kappa shape index (κ2) is 4.79. The average molecular weight is 233 g/mol. The molecular formula is C15H23NO. The van der Waals surface area contributed by atoms with Gasteiger partial charge in [-0.05, 0) is 24.3 Å². The van der Waals surface area contributed by atoms with Crippen LogP contribution in [0.15, 0.2) is 24.3 Å². The molecule has 1 aliphatic rings. The highest BCUT2D eigenvalue weighted by Gasteiger charge is 2.30. The van der Waals surface area contributed by atoms with E-state index >= 15 is 0 Å². The van der Waals surface area contributed by atoms with Crippen molar-refractivity contribution in [3.63, 3.8) is 0 Å². The standard InChI is InChI=1S/C15H23NO/c1-11-5-7-12(8-6-11)14-16-13(9-10-17-14)15(2,3)4/h5-8,13-14,16H,9-10H2,1-4H3/t13-,14+/m1/s1. The van der Waals surface area contributed by atoms with Crippen molar-refractivity contribution < 1.29 is 4.74 Å². The third kappa shape index (κ3) is 3.08. The lowest BCUT2D eigenvalue weighted by atomic mass is 9.84. The van der Waals surface area contributed by atoms with Crippen LogP contribution >= 0.6 is 0 Å². The van der Waals surface area contributed by atoms with E-state index in [4.69, 9.17) is 4.74 Å². The molecule has 2 atom stereocenters. The number of nitrogens with one attached hydrogen (secondary N) is 1. The molecule has 2 heteroatoms. The molecule has 0 spiro atoms. The first-order chi connectivity index (χ1) is 7.97. The third-order valence-corrected chi connectivity index (χ3v) is 3.47. The molecule has 0 bridgehead atoms. The van der Waals surface area contributed by atoms with Crippen molar-refractivity contribution in [1.82, 2.24) is 5.32 Å². The maximum Gasteiger partial charge on any atom is 0.134 e. The molecular weight excluding hydrogens is 210 g/mol. The topological polar surface area (TPSA) is 21.3 Å². The molecule has 1 N–H and O–H groups in total. The van der Waals surface area contributed by atoms with E-state index in [2.05, 4.69) is 57.3 Å². The van der Waals surface area contributed by atoms with Gasteiger partial charge in [0.05, 0.1) is 6.61 Å². The van der Waals surface area contributed by atoms with Gasteiger partial charge in [-0.15, -0.1) is 0 Å². The van der Waals surface area contributed by atoms with E-state index < -0.39 is 0 Å². The number of benzene rings is 1. The normalized spacial score (nSPS) is 25.9. The molecule has 1 aromatic carbocycles. The summed E-state index contributed by atoms with van der Waals surface area (Å²) in [7, 11) is 0. The summed E-state index contributed by atoms with van der Waals surface area (Å²) in [6.45, 7) is 9.79. The van der Waals surface area contributed by atoms with Crippen LogP contribution in [0.1, 0.15) is 44.5 Å². The Morgan fingerprint density at radius 3 is 2.41 bits per heavy atom. The van der Waals surface area contributed by atoms with Crippen molar-refractivity contribution in [2.45, 2.75) is 46.4 Å². The Morgan fingerprint density at radius 1 is 1.18 bits per heavy atom. The van der Waals surface area contributed by atoms with Gasteiger partial charge < -0.3 is 4.74 Å². The molecule has 1 heterocycles. The fourth-order valence-electron chi connectivity index (χ4n) is 2.23. The SMILES string of the molecule is Cc1ccc([C@H]2N[C@@H](C(C)(C)C)CCO2)cc1. The van der Waals surface area contributed by atoms with Crippen molar-refractivity contribution in [3.8, 4) is 0 Å². The number of rotatable bonds is 1. The maximum absolute atomic E-state index is 5.82. The minimum atomic E-state index is 0.0496. The molecule has 0 unspecified atom stereocenters. The zero-order valence-electron chi connectivity index (χ0n) is 11.3. The van der Waals surface area contributed by atoms with Gasteiger partial charge in [-0.1, -0.05) is 50.6 Å². The molecule has 0 radical (unpaired) electrons. The van der Waals surface area contributed by atoms with E-state index in [0.717, 1.165) is 13.0 Å². The van der Waals surface area contributed by atoms with E-state index in [1.54, 1.807) is 0 Å².